The van der Waals surface area contributed by atoms with Gasteiger partial charge in [-0.3, -0.25) is 9.36 Å². The molecular formula is C18H15BrN2OS. The molecule has 0 amide bonds. The van der Waals surface area contributed by atoms with Gasteiger partial charge < -0.3 is 0 Å². The van der Waals surface area contributed by atoms with Gasteiger partial charge in [-0.05, 0) is 55.2 Å². The van der Waals surface area contributed by atoms with Crippen molar-refractivity contribution in [1.29, 1.82) is 0 Å². The van der Waals surface area contributed by atoms with E-state index in [9.17, 15) is 4.79 Å². The summed E-state index contributed by atoms with van der Waals surface area (Å²) in [6, 6.07) is 8.18. The molecule has 0 N–H and O–H groups in total. The van der Waals surface area contributed by atoms with Crippen LogP contribution in [0.2, 0.25) is 0 Å². The average molecular weight is 387 g/mol. The van der Waals surface area contributed by atoms with Crippen molar-refractivity contribution in [1.82, 2.24) is 9.55 Å². The lowest BCUT2D eigenvalue weighted by Gasteiger charge is -2.03. The minimum atomic E-state index is 0.103. The van der Waals surface area contributed by atoms with Crippen LogP contribution < -0.4 is 5.56 Å². The first kappa shape index (κ1) is 14.8. The van der Waals surface area contributed by atoms with Gasteiger partial charge in [0.1, 0.15) is 10.7 Å². The highest BCUT2D eigenvalue weighted by Gasteiger charge is 2.23. The molecule has 0 radical (unpaired) electrons. The van der Waals surface area contributed by atoms with E-state index >= 15 is 0 Å². The normalized spacial score (nSPS) is 15.5. The Hall–Kier alpha value is -1.72. The van der Waals surface area contributed by atoms with Crippen molar-refractivity contribution in [2.24, 2.45) is 0 Å². The van der Waals surface area contributed by atoms with E-state index < -0.39 is 0 Å². The van der Waals surface area contributed by atoms with Gasteiger partial charge in [0.2, 0.25) is 0 Å². The van der Waals surface area contributed by atoms with E-state index in [-0.39, 0.29) is 5.56 Å². The van der Waals surface area contributed by atoms with Gasteiger partial charge in [0, 0.05) is 15.9 Å². The summed E-state index contributed by atoms with van der Waals surface area (Å²) in [7, 11) is 0. The Morgan fingerprint density at radius 3 is 2.74 bits per heavy atom. The van der Waals surface area contributed by atoms with Gasteiger partial charge in [-0.1, -0.05) is 28.1 Å². The molecule has 4 rings (SSSR count). The van der Waals surface area contributed by atoms with Gasteiger partial charge in [0.25, 0.3) is 5.56 Å². The zero-order valence-corrected chi connectivity index (χ0v) is 15.3. The van der Waals surface area contributed by atoms with E-state index in [1.165, 1.54) is 4.88 Å². The number of hydrogen-bond donors (Lipinski definition) is 0. The summed E-state index contributed by atoms with van der Waals surface area (Å²) < 4.78 is 2.89. The lowest BCUT2D eigenvalue weighted by molar-refractivity contribution is 0.726. The summed E-state index contributed by atoms with van der Waals surface area (Å²) in [5, 5.41) is 0.793. The molecule has 0 unspecified atom stereocenters. The molecule has 3 heterocycles. The van der Waals surface area contributed by atoms with Gasteiger partial charge in [0.15, 0.2) is 0 Å². The monoisotopic (exact) mass is 386 g/mol. The fraction of sp³-hybridized carbons (Fsp3) is 0.222. The number of benzene rings is 1. The molecule has 23 heavy (non-hydrogen) atoms. The zero-order valence-electron chi connectivity index (χ0n) is 12.9. The molecule has 1 aliphatic heterocycles. The number of allylic oxidation sites excluding steroid dienone is 1. The highest BCUT2D eigenvalue weighted by Crippen LogP contribution is 2.32. The van der Waals surface area contributed by atoms with Crippen LogP contribution >= 0.6 is 27.3 Å². The fourth-order valence-corrected chi connectivity index (χ4v) is 4.30. The highest BCUT2D eigenvalue weighted by molar-refractivity contribution is 9.10. The SMILES string of the molecule is Cc1sc2nc3n(c(=O)c2c1C)CC/C3=C\c1ccc(Br)cc1. The number of fused-ring (bicyclic) bond motifs is 2. The summed E-state index contributed by atoms with van der Waals surface area (Å²) in [6.07, 6.45) is 2.99. The van der Waals surface area contributed by atoms with Crippen molar-refractivity contribution in [3.8, 4) is 0 Å². The topological polar surface area (TPSA) is 34.9 Å². The van der Waals surface area contributed by atoms with E-state index in [1.54, 1.807) is 11.3 Å². The third kappa shape index (κ3) is 2.39. The fourth-order valence-electron chi connectivity index (χ4n) is 3.02. The van der Waals surface area contributed by atoms with E-state index in [0.717, 1.165) is 43.6 Å². The molecule has 0 aliphatic carbocycles. The molecule has 2 aromatic heterocycles. The standard InChI is InChI=1S/C18H15BrN2OS/c1-10-11(2)23-17-15(10)18(22)21-8-7-13(16(21)20-17)9-12-3-5-14(19)6-4-12/h3-6,9H,7-8H2,1-2H3/b13-9+. The first-order valence-corrected chi connectivity index (χ1v) is 9.12. The van der Waals surface area contributed by atoms with E-state index in [1.807, 2.05) is 23.6 Å². The number of halogens is 1. The summed E-state index contributed by atoms with van der Waals surface area (Å²) >= 11 is 5.06. The van der Waals surface area contributed by atoms with Gasteiger partial charge >= 0.3 is 0 Å². The molecule has 0 bridgehead atoms. The Kier molecular flexibility index (Phi) is 3.50. The third-order valence-corrected chi connectivity index (χ3v) is 6.02. The number of aromatic nitrogens is 2. The van der Waals surface area contributed by atoms with E-state index in [2.05, 4.69) is 41.1 Å². The lowest BCUT2D eigenvalue weighted by Crippen LogP contribution is -2.20. The molecule has 0 spiro atoms. The van der Waals surface area contributed by atoms with Crippen molar-refractivity contribution in [3.05, 3.63) is 60.9 Å². The molecular weight excluding hydrogens is 372 g/mol. The summed E-state index contributed by atoms with van der Waals surface area (Å²) in [5.41, 5.74) is 3.44. The molecule has 5 heteroatoms. The van der Waals surface area contributed by atoms with Gasteiger partial charge in [-0.15, -0.1) is 11.3 Å². The molecule has 0 saturated carbocycles. The molecule has 116 valence electrons. The minimum absolute atomic E-state index is 0.103. The Morgan fingerprint density at radius 2 is 2.00 bits per heavy atom. The van der Waals surface area contributed by atoms with Crippen LogP contribution in [0.1, 0.15) is 28.2 Å². The second-order valence-corrected chi connectivity index (χ2v) is 7.95. The van der Waals surface area contributed by atoms with Crippen LogP contribution in [-0.4, -0.2) is 9.55 Å². The second kappa shape index (κ2) is 5.42. The predicted molar refractivity (Wildman–Crippen MR) is 100.0 cm³/mol. The molecule has 0 saturated heterocycles. The van der Waals surface area contributed by atoms with Crippen molar-refractivity contribution in [2.75, 3.05) is 0 Å². The Morgan fingerprint density at radius 1 is 1.26 bits per heavy atom. The number of aryl methyl sites for hydroxylation is 2. The number of rotatable bonds is 1. The molecule has 1 aliphatic rings. The van der Waals surface area contributed by atoms with Crippen molar-refractivity contribution in [2.45, 2.75) is 26.8 Å². The lowest BCUT2D eigenvalue weighted by atomic mass is 10.1. The molecule has 0 fully saturated rings. The number of hydrogen-bond acceptors (Lipinski definition) is 3. The first-order valence-electron chi connectivity index (χ1n) is 7.51. The predicted octanol–water partition coefficient (Wildman–Crippen LogP) is 4.78. The molecule has 0 atom stereocenters. The van der Waals surface area contributed by atoms with Crippen LogP contribution in [0.5, 0.6) is 0 Å². The third-order valence-electron chi connectivity index (χ3n) is 4.39. The maximum atomic E-state index is 12.8. The van der Waals surface area contributed by atoms with Gasteiger partial charge in [0.05, 0.1) is 5.39 Å². The summed E-state index contributed by atoms with van der Waals surface area (Å²) in [5.74, 6) is 0.826. The Labute approximate surface area is 146 Å². The van der Waals surface area contributed by atoms with Crippen molar-refractivity contribution in [3.63, 3.8) is 0 Å². The number of nitrogens with zero attached hydrogens (tertiary/aromatic N) is 2. The minimum Gasteiger partial charge on any atom is -0.292 e. The molecule has 3 nitrogen and oxygen atoms in total. The van der Waals surface area contributed by atoms with Crippen molar-refractivity contribution < 1.29 is 0 Å². The summed E-state index contributed by atoms with van der Waals surface area (Å²) in [6.45, 7) is 4.78. The van der Waals surface area contributed by atoms with Crippen LogP contribution in [-0.2, 0) is 6.54 Å². The largest absolute Gasteiger partial charge is 0.292 e. The quantitative estimate of drug-likeness (QED) is 0.602. The van der Waals surface area contributed by atoms with Crippen LogP contribution in [0.15, 0.2) is 33.5 Å². The van der Waals surface area contributed by atoms with Crippen LogP contribution in [0.25, 0.3) is 21.9 Å². The van der Waals surface area contributed by atoms with Gasteiger partial charge in [-0.2, -0.15) is 0 Å². The Bertz CT molecular complexity index is 1010. The smallest absolute Gasteiger partial charge is 0.262 e. The first-order chi connectivity index (χ1) is 11.0. The second-order valence-electron chi connectivity index (χ2n) is 5.83. The van der Waals surface area contributed by atoms with E-state index in [4.69, 9.17) is 4.98 Å². The molecule has 1 aromatic carbocycles. The van der Waals surface area contributed by atoms with Crippen molar-refractivity contribution >= 4 is 49.1 Å². The summed E-state index contributed by atoms with van der Waals surface area (Å²) in [4.78, 5) is 19.6. The average Bonchev–Trinajstić information content (AvgIpc) is 3.05. The Balaban J connectivity index is 1.90. The highest BCUT2D eigenvalue weighted by atomic mass is 79.9. The molecule has 3 aromatic rings. The van der Waals surface area contributed by atoms with Crippen LogP contribution in [0.4, 0.5) is 0 Å². The maximum Gasteiger partial charge on any atom is 0.262 e. The van der Waals surface area contributed by atoms with Crippen LogP contribution in [0.3, 0.4) is 0 Å². The van der Waals surface area contributed by atoms with E-state index in [0.29, 0.717) is 6.54 Å². The zero-order chi connectivity index (χ0) is 16.1. The van der Waals surface area contributed by atoms with Gasteiger partial charge in [-0.25, -0.2) is 4.98 Å². The van der Waals surface area contributed by atoms with Crippen LogP contribution in [0, 0.1) is 13.8 Å². The maximum absolute atomic E-state index is 12.8. The number of thiophene rings is 1.